The zero-order valence-electron chi connectivity index (χ0n) is 26.6. The van der Waals surface area contributed by atoms with Crippen molar-refractivity contribution in [1.82, 2.24) is 10.3 Å². The van der Waals surface area contributed by atoms with Crippen LogP contribution in [0.1, 0.15) is 60.8 Å². The van der Waals surface area contributed by atoms with Gasteiger partial charge in [-0.05, 0) is 52.4 Å². The minimum absolute atomic E-state index is 0.00693. The molecule has 1 saturated heterocycles. The van der Waals surface area contributed by atoms with Gasteiger partial charge in [0.15, 0.2) is 10.6 Å². The lowest BCUT2D eigenvalue weighted by Gasteiger charge is -2.41. The van der Waals surface area contributed by atoms with Gasteiger partial charge in [-0.3, -0.25) is 9.59 Å². The van der Waals surface area contributed by atoms with E-state index in [4.69, 9.17) is 19.6 Å². The average molecular weight is 683 g/mol. The van der Waals surface area contributed by atoms with E-state index in [1.807, 2.05) is 78.9 Å². The van der Waals surface area contributed by atoms with E-state index in [2.05, 4.69) is 30.4 Å². The third-order valence-corrected chi connectivity index (χ3v) is 10.8. The first-order chi connectivity index (χ1) is 23.4. The molecule has 1 aliphatic heterocycles. The second kappa shape index (κ2) is 15.9. The largest absolute Gasteiger partial charge is 0.481 e. The van der Waals surface area contributed by atoms with E-state index in [0.717, 1.165) is 49.0 Å². The van der Waals surface area contributed by atoms with Crippen molar-refractivity contribution < 1.29 is 29.3 Å². The second-order valence-corrected chi connectivity index (χ2v) is 14.2. The van der Waals surface area contributed by atoms with Crippen LogP contribution in [0.15, 0.2) is 101 Å². The van der Waals surface area contributed by atoms with Gasteiger partial charge in [0.1, 0.15) is 0 Å². The number of aliphatic carboxylic acids is 1. The highest BCUT2D eigenvalue weighted by atomic mass is 32.2. The fourth-order valence-electron chi connectivity index (χ4n) is 5.76. The first-order valence-electron chi connectivity index (χ1n) is 16.0. The quantitative estimate of drug-likeness (QED) is 0.107. The van der Waals surface area contributed by atoms with E-state index in [1.54, 1.807) is 23.1 Å². The van der Waals surface area contributed by atoms with Crippen LogP contribution in [-0.2, 0) is 32.2 Å². The number of thioether (sulfide) groups is 1. The lowest BCUT2D eigenvalue weighted by atomic mass is 9.91. The number of amides is 1. The summed E-state index contributed by atoms with van der Waals surface area (Å²) in [5.41, 5.74) is 6.83. The molecule has 1 aliphatic rings. The first-order valence-corrected chi connectivity index (χ1v) is 17.8. The van der Waals surface area contributed by atoms with Gasteiger partial charge in [0.2, 0.25) is 5.91 Å². The number of ether oxygens (including phenoxy) is 2. The van der Waals surface area contributed by atoms with E-state index in [-0.39, 0.29) is 43.5 Å². The molecular formula is C38H38N2O6S2. The SMILES string of the molecule is C[C@H]1[C@@H](CSc2nc3ccccc3s2)O[C@@H](c2ccc(-c3cccc(CNC(=O)CCCC(=O)O)c3)cc2)O[C@H]1c1ccc(CO)cc1. The Labute approximate surface area is 288 Å². The summed E-state index contributed by atoms with van der Waals surface area (Å²) in [5.74, 6) is -0.256. The molecule has 1 fully saturated rings. The van der Waals surface area contributed by atoms with E-state index in [1.165, 1.54) is 4.70 Å². The van der Waals surface area contributed by atoms with Crippen LogP contribution in [0, 0.1) is 5.92 Å². The summed E-state index contributed by atoms with van der Waals surface area (Å²) < 4.78 is 15.5. The molecule has 0 radical (unpaired) electrons. The third kappa shape index (κ3) is 8.50. The van der Waals surface area contributed by atoms with Crippen LogP contribution in [0.2, 0.25) is 0 Å². The van der Waals surface area contributed by atoms with Crippen LogP contribution in [-0.4, -0.2) is 38.9 Å². The summed E-state index contributed by atoms with van der Waals surface area (Å²) in [6.45, 7) is 2.53. The molecule has 2 heterocycles. The first kappa shape index (κ1) is 33.8. The number of hydrogen-bond donors (Lipinski definition) is 3. The van der Waals surface area contributed by atoms with Crippen LogP contribution >= 0.6 is 23.1 Å². The van der Waals surface area contributed by atoms with Crippen molar-refractivity contribution in [2.45, 2.75) is 62.2 Å². The molecule has 3 N–H and O–H groups in total. The number of rotatable bonds is 13. The van der Waals surface area contributed by atoms with Crippen LogP contribution in [0.5, 0.6) is 0 Å². The van der Waals surface area contributed by atoms with Gasteiger partial charge in [-0.15, -0.1) is 11.3 Å². The molecule has 1 amide bonds. The van der Waals surface area contributed by atoms with E-state index < -0.39 is 12.3 Å². The number of carbonyl (C=O) groups excluding carboxylic acids is 1. The van der Waals surface area contributed by atoms with E-state index in [9.17, 15) is 14.7 Å². The molecule has 0 aliphatic carbocycles. The minimum atomic E-state index is -0.898. The van der Waals surface area contributed by atoms with Gasteiger partial charge >= 0.3 is 5.97 Å². The van der Waals surface area contributed by atoms with Gasteiger partial charge in [-0.25, -0.2) is 4.98 Å². The summed E-state index contributed by atoms with van der Waals surface area (Å²) in [5, 5.41) is 21.2. The maximum atomic E-state index is 12.1. The van der Waals surface area contributed by atoms with Crippen molar-refractivity contribution in [3.63, 3.8) is 0 Å². The van der Waals surface area contributed by atoms with Crippen LogP contribution < -0.4 is 5.32 Å². The van der Waals surface area contributed by atoms with Gasteiger partial charge in [0.25, 0.3) is 0 Å². The number of hydrogen-bond acceptors (Lipinski definition) is 8. The van der Waals surface area contributed by atoms with Gasteiger partial charge in [0, 0.05) is 36.6 Å². The molecule has 0 saturated carbocycles. The number of thiazole rings is 1. The monoisotopic (exact) mass is 682 g/mol. The van der Waals surface area contributed by atoms with Crippen LogP contribution in [0.3, 0.4) is 0 Å². The molecule has 4 atom stereocenters. The predicted molar refractivity (Wildman–Crippen MR) is 189 cm³/mol. The Morgan fingerprint density at radius 2 is 1.65 bits per heavy atom. The zero-order valence-corrected chi connectivity index (χ0v) is 28.2. The van der Waals surface area contributed by atoms with Crippen molar-refractivity contribution >= 4 is 45.2 Å². The smallest absolute Gasteiger partial charge is 0.303 e. The summed E-state index contributed by atoms with van der Waals surface area (Å²) in [6, 6.07) is 32.3. The molecule has 0 unspecified atom stereocenters. The fourth-order valence-corrected chi connectivity index (χ4v) is 8.02. The van der Waals surface area contributed by atoms with Gasteiger partial charge in [0.05, 0.1) is 29.0 Å². The molecule has 4 aromatic carbocycles. The molecule has 1 aromatic heterocycles. The van der Waals surface area contributed by atoms with Crippen molar-refractivity contribution in [1.29, 1.82) is 0 Å². The summed E-state index contributed by atoms with van der Waals surface area (Å²) in [6.07, 6.45) is -0.376. The molecule has 0 spiro atoms. The number of fused-ring (bicyclic) bond motifs is 1. The number of carboxylic acid groups (broad SMARTS) is 1. The number of aromatic nitrogens is 1. The highest BCUT2D eigenvalue weighted by Gasteiger charge is 2.38. The maximum Gasteiger partial charge on any atom is 0.303 e. The molecule has 6 rings (SSSR count). The normalized spacial score (nSPS) is 19.3. The molecule has 0 bridgehead atoms. The molecule has 48 heavy (non-hydrogen) atoms. The second-order valence-electron chi connectivity index (χ2n) is 11.9. The van der Waals surface area contributed by atoms with Gasteiger partial charge < -0.3 is 25.0 Å². The number of nitrogens with zero attached hydrogens (tertiary/aromatic N) is 1. The maximum absolute atomic E-state index is 12.1. The Hall–Kier alpha value is -4.06. The number of carbonyl (C=O) groups is 2. The van der Waals surface area contributed by atoms with Crippen molar-refractivity contribution in [3.8, 4) is 11.1 Å². The summed E-state index contributed by atoms with van der Waals surface area (Å²) in [4.78, 5) is 27.7. The standard InChI is InChI=1S/C38H38N2O6S2/c1-24-32(23-47-38-40-31-8-2-3-9-33(31)48-38)45-37(46-36(24)28-14-12-25(22-41)13-15-28)29-18-16-27(17-19-29)30-7-4-6-26(20-30)21-39-34(42)10-5-11-35(43)44/h2-4,6-9,12-20,24,32,36-37,41H,5,10-11,21-23H2,1H3,(H,39,42)(H,43,44)/t24-,32+,36+,37+/m0/s1. The Morgan fingerprint density at radius 1 is 0.875 bits per heavy atom. The Morgan fingerprint density at radius 3 is 2.40 bits per heavy atom. The number of para-hydroxylation sites is 1. The van der Waals surface area contributed by atoms with E-state index >= 15 is 0 Å². The highest BCUT2D eigenvalue weighted by Crippen LogP contribution is 2.43. The highest BCUT2D eigenvalue weighted by molar-refractivity contribution is 8.01. The number of nitrogens with one attached hydrogen (secondary N) is 1. The number of carboxylic acids is 1. The minimum Gasteiger partial charge on any atom is -0.481 e. The molecule has 5 aromatic rings. The van der Waals surface area contributed by atoms with Crippen molar-refractivity contribution in [2.75, 3.05) is 5.75 Å². The Balaban J connectivity index is 1.16. The number of aliphatic hydroxyl groups is 1. The number of aliphatic hydroxyl groups excluding tert-OH is 1. The van der Waals surface area contributed by atoms with Gasteiger partial charge in [-0.1, -0.05) is 97.5 Å². The number of benzene rings is 4. The summed E-state index contributed by atoms with van der Waals surface area (Å²) in [7, 11) is 0. The lowest BCUT2D eigenvalue weighted by molar-refractivity contribution is -0.268. The zero-order chi connectivity index (χ0) is 33.5. The predicted octanol–water partition coefficient (Wildman–Crippen LogP) is 7.91. The summed E-state index contributed by atoms with van der Waals surface area (Å²) >= 11 is 3.41. The van der Waals surface area contributed by atoms with Crippen molar-refractivity contribution in [2.24, 2.45) is 5.92 Å². The molecule has 10 heteroatoms. The molecule has 248 valence electrons. The molecular weight excluding hydrogens is 645 g/mol. The Kier molecular flexibility index (Phi) is 11.2. The topological polar surface area (TPSA) is 118 Å². The van der Waals surface area contributed by atoms with Crippen molar-refractivity contribution in [3.05, 3.63) is 119 Å². The third-order valence-electron chi connectivity index (χ3n) is 8.50. The lowest BCUT2D eigenvalue weighted by Crippen LogP contribution is -2.38. The van der Waals surface area contributed by atoms with Crippen LogP contribution in [0.4, 0.5) is 0 Å². The van der Waals surface area contributed by atoms with Gasteiger partial charge in [-0.2, -0.15) is 0 Å². The fraction of sp³-hybridized carbons (Fsp3) is 0.289. The Bertz CT molecular complexity index is 1810. The molecule has 8 nitrogen and oxygen atoms in total. The average Bonchev–Trinajstić information content (AvgIpc) is 3.54. The van der Waals surface area contributed by atoms with E-state index in [0.29, 0.717) is 13.0 Å². The van der Waals surface area contributed by atoms with Crippen LogP contribution in [0.25, 0.3) is 21.3 Å².